The van der Waals surface area contributed by atoms with Crippen LogP contribution in [0.25, 0.3) is 38.2 Å². The monoisotopic (exact) mass is 1700 g/mol. The number of para-hydroxylation sites is 2. The number of aromatic nitrogens is 2. The first-order valence-corrected chi connectivity index (χ1v) is 40.9. The van der Waals surface area contributed by atoms with Crippen molar-refractivity contribution in [2.24, 2.45) is 0 Å². The molecule has 0 aliphatic carbocycles. The molecular formula is C82H124N16O23. The molecule has 5 rings (SSSR count). The zero-order valence-corrected chi connectivity index (χ0v) is 71.3. The Kier molecular flexibility index (Phi) is 47.8. The van der Waals surface area contributed by atoms with E-state index in [9.17, 15) is 71.9 Å². The quantitative estimate of drug-likeness (QED) is 0.0193. The smallest absolute Gasteiger partial charge is 0.306 e. The third kappa shape index (κ3) is 39.1. The molecule has 3 aromatic carbocycles. The van der Waals surface area contributed by atoms with Crippen molar-refractivity contribution in [2.45, 2.75) is 89.9 Å². The van der Waals surface area contributed by atoms with Gasteiger partial charge in [-0.2, -0.15) is 0 Å². The van der Waals surface area contributed by atoms with Gasteiger partial charge in [0.15, 0.2) is 0 Å². The highest BCUT2D eigenvalue weighted by Crippen LogP contribution is 2.34. The Balaban J connectivity index is 1.30. The number of anilines is 1. The van der Waals surface area contributed by atoms with Gasteiger partial charge < -0.3 is 109 Å². The average Bonchev–Trinajstić information content (AvgIpc) is 1.62. The lowest BCUT2D eigenvalue weighted by Crippen LogP contribution is -2.42. The molecule has 5 aromatic rings. The highest BCUT2D eigenvalue weighted by atomic mass is 16.5. The number of hydrogen-bond donors (Lipinski definition) is 7. The molecule has 0 atom stereocenters. The first-order valence-electron chi connectivity index (χ1n) is 40.9. The molecule has 0 saturated carbocycles. The Bertz CT molecular complexity index is 3840. The summed E-state index contributed by atoms with van der Waals surface area (Å²) in [5, 5.41) is 23.9. The Morgan fingerprint density at radius 2 is 0.529 bits per heavy atom. The minimum atomic E-state index is -0.437. The normalized spacial score (nSPS) is 11.4. The molecule has 0 aliphatic rings. The van der Waals surface area contributed by atoms with Crippen LogP contribution in [0.15, 0.2) is 59.4 Å². The highest BCUT2D eigenvalue weighted by Gasteiger charge is 2.23. The van der Waals surface area contributed by atoms with Crippen LogP contribution in [0.3, 0.4) is 0 Å². The van der Waals surface area contributed by atoms with E-state index in [0.717, 1.165) is 21.8 Å². The topological polar surface area (TPSA) is 454 Å². The molecule has 39 nitrogen and oxygen atoms in total. The number of hydrogen-bond acceptors (Lipinski definition) is 32. The number of nitrogens with one attached hydrogen (secondary N) is 7. The number of fused-ring (bicyclic) bond motifs is 4. The van der Waals surface area contributed by atoms with Crippen LogP contribution in [0.5, 0.6) is 0 Å². The second-order valence-corrected chi connectivity index (χ2v) is 28.5. The lowest BCUT2D eigenvalue weighted by Gasteiger charge is -2.25. The average molecular weight is 1700 g/mol. The number of rotatable bonds is 64. The molecule has 0 radical (unpaired) electrons. The first kappa shape index (κ1) is 101. The van der Waals surface area contributed by atoms with Gasteiger partial charge in [0.1, 0.15) is 5.65 Å². The van der Waals surface area contributed by atoms with Gasteiger partial charge in [0.25, 0.3) is 5.56 Å². The van der Waals surface area contributed by atoms with Crippen molar-refractivity contribution in [1.82, 2.24) is 75.6 Å². The number of methoxy groups -OCH3 is 8. The summed E-state index contributed by atoms with van der Waals surface area (Å²) >= 11 is 0. The summed E-state index contributed by atoms with van der Waals surface area (Å²) < 4.78 is 40.0. The largest absolute Gasteiger partial charge is 0.469 e. The molecule has 0 aliphatic heterocycles. The van der Waals surface area contributed by atoms with Gasteiger partial charge in [-0.25, -0.2) is 4.98 Å². The van der Waals surface area contributed by atoms with E-state index < -0.39 is 47.8 Å². The van der Waals surface area contributed by atoms with Crippen LogP contribution < -0.4 is 42.8 Å². The van der Waals surface area contributed by atoms with E-state index in [1.807, 2.05) is 82.8 Å². The van der Waals surface area contributed by atoms with Crippen LogP contribution in [0, 0.1) is 0 Å². The maximum absolute atomic E-state index is 14.2. The summed E-state index contributed by atoms with van der Waals surface area (Å²) in [4.78, 5) is 210. The maximum atomic E-state index is 14.2. The third-order valence-corrected chi connectivity index (χ3v) is 20.3. The zero-order valence-electron chi connectivity index (χ0n) is 71.3. The molecule has 2 heterocycles. The number of pyridine rings is 1. The number of esters is 8. The molecule has 7 N–H and O–H groups in total. The number of benzene rings is 3. The molecule has 0 spiro atoms. The summed E-state index contributed by atoms with van der Waals surface area (Å²) in [6.45, 7) is 6.56. The van der Waals surface area contributed by atoms with Gasteiger partial charge in [0.05, 0.1) is 119 Å². The van der Waals surface area contributed by atoms with Gasteiger partial charge in [-0.15, -0.1) is 0 Å². The number of nitrogens with zero attached hydrogens (tertiary/aromatic N) is 9. The zero-order chi connectivity index (χ0) is 88.3. The lowest BCUT2D eigenvalue weighted by atomic mass is 10.0. The fourth-order valence-electron chi connectivity index (χ4n) is 13.2. The lowest BCUT2D eigenvalue weighted by molar-refractivity contribution is -0.142. The molecule has 0 bridgehead atoms. The summed E-state index contributed by atoms with van der Waals surface area (Å²) in [6, 6.07) is 16.9. The SMILES string of the molecule is COC(=O)CCN(CCNC(=O)CCN(CCNC(=O)CCN(CCNc1ccc2c3c1cccc3c(=O)n1c3ccccc3nc21)CCC(=O)NCCN(CCC(=O)NCCN(CCC(=O)OC)CCC(=O)OC)CCC(=O)NCCN(CCC(=O)OC)CCC(=O)OC)CCC(=O)NCCN(CCC(=O)OC)CCC(=O)OC)CCC(=O)OC. The summed E-state index contributed by atoms with van der Waals surface area (Å²) in [5.41, 5.74) is 2.44. The summed E-state index contributed by atoms with van der Waals surface area (Å²) in [7, 11) is 10.2. The van der Waals surface area contributed by atoms with Gasteiger partial charge in [-0.05, 0) is 30.3 Å². The van der Waals surface area contributed by atoms with Gasteiger partial charge in [-0.1, -0.05) is 24.3 Å². The van der Waals surface area contributed by atoms with Crippen LogP contribution >= 0.6 is 0 Å². The van der Waals surface area contributed by atoms with E-state index in [4.69, 9.17) is 42.9 Å². The molecule has 670 valence electrons. The molecule has 121 heavy (non-hydrogen) atoms. The minimum Gasteiger partial charge on any atom is -0.469 e. The first-order chi connectivity index (χ1) is 58.3. The fraction of sp³-hybridized carbons (Fsp3) is 0.610. The van der Waals surface area contributed by atoms with E-state index in [1.165, 1.54) is 56.9 Å². The van der Waals surface area contributed by atoms with Crippen molar-refractivity contribution in [3.05, 3.63) is 65.0 Å². The van der Waals surface area contributed by atoms with Crippen molar-refractivity contribution >= 4 is 127 Å². The van der Waals surface area contributed by atoms with Crippen molar-refractivity contribution in [3.63, 3.8) is 0 Å². The van der Waals surface area contributed by atoms with Crippen LogP contribution in [0.1, 0.15) is 89.9 Å². The molecule has 0 fully saturated rings. The molecule has 39 heteroatoms. The van der Waals surface area contributed by atoms with E-state index in [1.54, 1.807) is 10.5 Å². The van der Waals surface area contributed by atoms with Crippen LogP contribution in [0.2, 0.25) is 0 Å². The Morgan fingerprint density at radius 1 is 0.281 bits per heavy atom. The molecule has 6 amide bonds. The van der Waals surface area contributed by atoms with E-state index in [-0.39, 0.29) is 275 Å². The molecule has 0 unspecified atom stereocenters. The van der Waals surface area contributed by atoms with Gasteiger partial charge in [0.2, 0.25) is 35.4 Å². The van der Waals surface area contributed by atoms with Gasteiger partial charge in [-0.3, -0.25) is 76.3 Å². The Morgan fingerprint density at radius 3 is 0.802 bits per heavy atom. The number of carbonyl (C=O) groups is 14. The van der Waals surface area contributed by atoms with Crippen molar-refractivity contribution in [1.29, 1.82) is 0 Å². The Hall–Kier alpha value is -10.8. The standard InChI is InChI=1S/C82H124N16O23/c1-114-72(105)24-45-94(46-25-73(106)115-2)56-35-86-68(101)20-41-92(42-21-69(102)87-36-57-95(47-26-74(107)116-3)48-27-75(108)117-4)54-33-84-66(99)18-39-91(53-32-83-63-17-16-61-80-60(63)12-11-13-62(80)82(113)98-65-15-10-9-14-64(65)90-81(61)98)40-19-67(100)85-34-55-93(43-22-70(103)88-37-58-96(49-28-76(109)118-5)50-29-77(110)119-6)44-23-71(104)89-38-59-97(51-30-78(111)120-7)52-31-79(112)121-8/h9-17,83H,18-59H2,1-8H3,(H,84,99)(H,85,100)(H,86,101)(H,87,102)(H,88,103)(H,89,104). The van der Waals surface area contributed by atoms with E-state index in [2.05, 4.69) is 37.2 Å². The molecular weight excluding hydrogens is 1580 g/mol. The third-order valence-electron chi connectivity index (χ3n) is 20.3. The van der Waals surface area contributed by atoms with Crippen molar-refractivity contribution in [2.75, 3.05) is 245 Å². The van der Waals surface area contributed by atoms with Crippen LogP contribution in [-0.4, -0.2) is 367 Å². The van der Waals surface area contributed by atoms with Gasteiger partial charge >= 0.3 is 47.8 Å². The van der Waals surface area contributed by atoms with Crippen LogP contribution in [-0.2, 0) is 105 Å². The number of carbonyl (C=O) groups excluding carboxylic acids is 14. The van der Waals surface area contributed by atoms with E-state index in [0.29, 0.717) is 61.3 Å². The number of imidazole rings is 1. The maximum Gasteiger partial charge on any atom is 0.306 e. The molecule has 0 saturated heterocycles. The highest BCUT2D eigenvalue weighted by molar-refractivity contribution is 6.18. The number of amides is 6. The van der Waals surface area contributed by atoms with Crippen molar-refractivity contribution in [3.8, 4) is 0 Å². The summed E-state index contributed by atoms with van der Waals surface area (Å²) in [6.07, 6.45) is 0.477. The van der Waals surface area contributed by atoms with Crippen LogP contribution in [0.4, 0.5) is 5.69 Å². The fourth-order valence-corrected chi connectivity index (χ4v) is 13.2. The van der Waals surface area contributed by atoms with Gasteiger partial charge in [0, 0.05) is 249 Å². The predicted octanol–water partition coefficient (Wildman–Crippen LogP) is -0.340. The summed E-state index contributed by atoms with van der Waals surface area (Å²) in [5.74, 6) is -5.41. The minimum absolute atomic E-state index is 0.00177. The van der Waals surface area contributed by atoms with Crippen molar-refractivity contribution < 1.29 is 105 Å². The predicted molar refractivity (Wildman–Crippen MR) is 448 cm³/mol. The number of ether oxygens (including phenoxy) is 8. The Labute approximate surface area is 705 Å². The molecule has 2 aromatic heterocycles. The van der Waals surface area contributed by atoms with E-state index >= 15 is 0 Å². The second-order valence-electron chi connectivity index (χ2n) is 28.5. The second kappa shape index (κ2) is 57.4.